The molecule has 0 fully saturated rings. The predicted molar refractivity (Wildman–Crippen MR) is 96.9 cm³/mol. The molecule has 25 heavy (non-hydrogen) atoms. The highest BCUT2D eigenvalue weighted by molar-refractivity contribution is 5.37. The SMILES string of the molecule is Cc1nn(-c2ccccc2)c(C)c1CN(C)Cc1nc(N)nc(N)n1. The van der Waals surface area contributed by atoms with Gasteiger partial charge in [0.2, 0.25) is 11.9 Å². The van der Waals surface area contributed by atoms with Crippen molar-refractivity contribution in [2.24, 2.45) is 0 Å². The monoisotopic (exact) mass is 338 g/mol. The van der Waals surface area contributed by atoms with Gasteiger partial charge in [0.15, 0.2) is 0 Å². The van der Waals surface area contributed by atoms with Crippen LogP contribution < -0.4 is 11.5 Å². The van der Waals surface area contributed by atoms with Crippen molar-refractivity contribution < 1.29 is 0 Å². The van der Waals surface area contributed by atoms with Gasteiger partial charge in [-0.1, -0.05) is 18.2 Å². The maximum atomic E-state index is 5.63. The molecule has 3 rings (SSSR count). The molecule has 0 spiro atoms. The lowest BCUT2D eigenvalue weighted by atomic mass is 10.2. The summed E-state index contributed by atoms with van der Waals surface area (Å²) in [6.07, 6.45) is 0. The lowest BCUT2D eigenvalue weighted by Gasteiger charge is -2.16. The Balaban J connectivity index is 1.79. The molecule has 3 aromatic rings. The Bertz CT molecular complexity index is 852. The molecule has 0 saturated carbocycles. The van der Waals surface area contributed by atoms with Crippen LogP contribution in [0.25, 0.3) is 5.69 Å². The van der Waals surface area contributed by atoms with Crippen LogP contribution in [0.4, 0.5) is 11.9 Å². The number of nitrogens with zero attached hydrogens (tertiary/aromatic N) is 6. The minimum atomic E-state index is 0.139. The Morgan fingerprint density at radius 2 is 1.60 bits per heavy atom. The molecule has 0 bridgehead atoms. The van der Waals surface area contributed by atoms with Gasteiger partial charge in [-0.15, -0.1) is 0 Å². The largest absolute Gasteiger partial charge is 0.368 e. The Labute approximate surface area is 146 Å². The van der Waals surface area contributed by atoms with Gasteiger partial charge in [0.05, 0.1) is 17.9 Å². The van der Waals surface area contributed by atoms with Gasteiger partial charge in [-0.2, -0.15) is 20.1 Å². The van der Waals surface area contributed by atoms with Gasteiger partial charge in [0, 0.05) is 17.8 Å². The smallest absolute Gasteiger partial charge is 0.225 e. The quantitative estimate of drug-likeness (QED) is 0.724. The Morgan fingerprint density at radius 1 is 0.960 bits per heavy atom. The summed E-state index contributed by atoms with van der Waals surface area (Å²) in [5.41, 5.74) is 15.6. The van der Waals surface area contributed by atoms with E-state index in [4.69, 9.17) is 11.5 Å². The van der Waals surface area contributed by atoms with Crippen molar-refractivity contribution in [1.82, 2.24) is 29.6 Å². The highest BCUT2D eigenvalue weighted by atomic mass is 15.3. The number of aryl methyl sites for hydroxylation is 1. The lowest BCUT2D eigenvalue weighted by Crippen LogP contribution is -2.21. The van der Waals surface area contributed by atoms with Crippen molar-refractivity contribution in [2.45, 2.75) is 26.9 Å². The summed E-state index contributed by atoms with van der Waals surface area (Å²) >= 11 is 0. The fourth-order valence-electron chi connectivity index (χ4n) is 2.82. The zero-order valence-corrected chi connectivity index (χ0v) is 14.6. The second-order valence-corrected chi connectivity index (χ2v) is 6.04. The molecule has 0 aliphatic heterocycles. The van der Waals surface area contributed by atoms with Gasteiger partial charge in [-0.25, -0.2) is 4.68 Å². The van der Waals surface area contributed by atoms with Crippen LogP contribution in [-0.4, -0.2) is 36.7 Å². The molecule has 1 aromatic carbocycles. The number of nitrogen functional groups attached to an aromatic ring is 2. The second-order valence-electron chi connectivity index (χ2n) is 6.04. The summed E-state index contributed by atoms with van der Waals surface area (Å²) in [5, 5.41) is 4.68. The average molecular weight is 338 g/mol. The van der Waals surface area contributed by atoms with E-state index in [1.165, 1.54) is 5.56 Å². The van der Waals surface area contributed by atoms with Gasteiger partial charge >= 0.3 is 0 Å². The number of hydrogen-bond donors (Lipinski definition) is 2. The van der Waals surface area contributed by atoms with Crippen LogP contribution in [0.15, 0.2) is 30.3 Å². The molecule has 0 saturated heterocycles. The maximum absolute atomic E-state index is 5.63. The zero-order valence-electron chi connectivity index (χ0n) is 14.6. The molecular weight excluding hydrogens is 316 g/mol. The number of anilines is 2. The van der Waals surface area contributed by atoms with E-state index < -0.39 is 0 Å². The highest BCUT2D eigenvalue weighted by Gasteiger charge is 2.15. The van der Waals surface area contributed by atoms with Crippen molar-refractivity contribution in [2.75, 3.05) is 18.5 Å². The molecule has 0 atom stereocenters. The summed E-state index contributed by atoms with van der Waals surface area (Å²) in [5.74, 6) is 0.832. The van der Waals surface area contributed by atoms with Crippen LogP contribution in [0, 0.1) is 13.8 Å². The molecule has 4 N–H and O–H groups in total. The molecular formula is C17H22N8. The van der Waals surface area contributed by atoms with E-state index in [1.807, 2.05) is 49.0 Å². The number of rotatable bonds is 5. The second kappa shape index (κ2) is 6.86. The Hall–Kier alpha value is -3.00. The first kappa shape index (κ1) is 16.8. The molecule has 2 heterocycles. The number of para-hydroxylation sites is 1. The van der Waals surface area contributed by atoms with Crippen LogP contribution in [0.3, 0.4) is 0 Å². The van der Waals surface area contributed by atoms with Crippen molar-refractivity contribution in [3.8, 4) is 5.69 Å². The van der Waals surface area contributed by atoms with Crippen LogP contribution >= 0.6 is 0 Å². The van der Waals surface area contributed by atoms with Crippen molar-refractivity contribution in [3.05, 3.63) is 53.1 Å². The summed E-state index contributed by atoms with van der Waals surface area (Å²) in [6.45, 7) is 5.34. The third kappa shape index (κ3) is 3.74. The Morgan fingerprint density at radius 3 is 2.24 bits per heavy atom. The normalized spacial score (nSPS) is 11.2. The summed E-state index contributed by atoms with van der Waals surface area (Å²) in [7, 11) is 1.99. The van der Waals surface area contributed by atoms with Crippen LogP contribution in [-0.2, 0) is 13.1 Å². The third-order valence-corrected chi connectivity index (χ3v) is 4.00. The lowest BCUT2D eigenvalue weighted by molar-refractivity contribution is 0.309. The molecule has 8 heteroatoms. The van der Waals surface area contributed by atoms with E-state index >= 15 is 0 Å². The van der Waals surface area contributed by atoms with Gasteiger partial charge in [0.1, 0.15) is 5.82 Å². The molecule has 130 valence electrons. The number of nitrogens with two attached hydrogens (primary N) is 2. The summed E-state index contributed by atoms with van der Waals surface area (Å²) in [4.78, 5) is 14.1. The van der Waals surface area contributed by atoms with Crippen molar-refractivity contribution >= 4 is 11.9 Å². The van der Waals surface area contributed by atoms with Gasteiger partial charge < -0.3 is 11.5 Å². The van der Waals surface area contributed by atoms with Gasteiger partial charge in [0.25, 0.3) is 0 Å². The fourth-order valence-corrected chi connectivity index (χ4v) is 2.82. The Kier molecular flexibility index (Phi) is 4.62. The van der Waals surface area contributed by atoms with E-state index in [9.17, 15) is 0 Å². The molecule has 0 unspecified atom stereocenters. The summed E-state index contributed by atoms with van der Waals surface area (Å²) in [6, 6.07) is 10.1. The number of aromatic nitrogens is 5. The van der Waals surface area contributed by atoms with Crippen LogP contribution in [0.5, 0.6) is 0 Å². The van der Waals surface area contributed by atoms with Crippen molar-refractivity contribution in [3.63, 3.8) is 0 Å². The highest BCUT2D eigenvalue weighted by Crippen LogP contribution is 2.19. The van der Waals surface area contributed by atoms with Crippen LogP contribution in [0.1, 0.15) is 22.8 Å². The van der Waals surface area contributed by atoms with E-state index in [1.54, 1.807) is 0 Å². The average Bonchev–Trinajstić information content (AvgIpc) is 2.83. The van der Waals surface area contributed by atoms with E-state index in [-0.39, 0.29) is 11.9 Å². The van der Waals surface area contributed by atoms with Gasteiger partial charge in [-0.3, -0.25) is 4.90 Å². The topological polar surface area (TPSA) is 112 Å². The van der Waals surface area contributed by atoms with Crippen molar-refractivity contribution in [1.29, 1.82) is 0 Å². The first-order valence-electron chi connectivity index (χ1n) is 7.99. The molecule has 0 aliphatic carbocycles. The van der Waals surface area contributed by atoms with E-state index in [0.717, 1.165) is 23.6 Å². The van der Waals surface area contributed by atoms with Gasteiger partial charge in [-0.05, 0) is 33.0 Å². The van der Waals surface area contributed by atoms with Crippen LogP contribution in [0.2, 0.25) is 0 Å². The predicted octanol–water partition coefficient (Wildman–Crippen LogP) is 1.47. The molecule has 0 radical (unpaired) electrons. The van der Waals surface area contributed by atoms with E-state index in [2.05, 4.69) is 31.9 Å². The standard InChI is InChI=1S/C17H22N8/c1-11-14(12(2)25(23-11)13-7-5-4-6-8-13)9-24(3)10-15-20-16(18)22-17(19)21-15/h4-8H,9-10H2,1-3H3,(H4,18,19,20,21,22). The minimum Gasteiger partial charge on any atom is -0.368 e. The molecule has 0 amide bonds. The molecule has 8 nitrogen and oxygen atoms in total. The summed E-state index contributed by atoms with van der Waals surface area (Å²) < 4.78 is 1.97. The van der Waals surface area contributed by atoms with E-state index in [0.29, 0.717) is 12.4 Å². The maximum Gasteiger partial charge on any atom is 0.225 e. The minimum absolute atomic E-state index is 0.139. The molecule has 0 aliphatic rings. The first-order valence-corrected chi connectivity index (χ1v) is 7.99. The fraction of sp³-hybridized carbons (Fsp3) is 0.294. The number of hydrogen-bond acceptors (Lipinski definition) is 7. The first-order chi connectivity index (χ1) is 11.9. The zero-order chi connectivity index (χ0) is 18.0. The third-order valence-electron chi connectivity index (χ3n) is 4.00. The molecule has 2 aromatic heterocycles. The number of benzene rings is 1.